The van der Waals surface area contributed by atoms with Crippen LogP contribution >= 0.6 is 0 Å². The lowest BCUT2D eigenvalue weighted by atomic mass is 9.98. The Bertz CT molecular complexity index is 1120. The molecular formula is C24H30N8. The van der Waals surface area contributed by atoms with Crippen LogP contribution in [0.1, 0.15) is 43.7 Å². The number of hydrogen-bond acceptors (Lipinski definition) is 8. The quantitative estimate of drug-likeness (QED) is 0.548. The maximum atomic E-state index is 4.78. The third-order valence-corrected chi connectivity index (χ3v) is 6.20. The third-order valence-electron chi connectivity index (χ3n) is 6.20. The molecule has 3 aromatic rings. The summed E-state index contributed by atoms with van der Waals surface area (Å²) in [7, 11) is 0. The van der Waals surface area contributed by atoms with E-state index in [4.69, 9.17) is 4.98 Å². The molecule has 32 heavy (non-hydrogen) atoms. The molecule has 0 spiro atoms. The van der Waals surface area contributed by atoms with Crippen LogP contribution in [0.2, 0.25) is 0 Å². The second-order valence-corrected chi connectivity index (χ2v) is 8.95. The van der Waals surface area contributed by atoms with Gasteiger partial charge in [-0.2, -0.15) is 5.10 Å². The van der Waals surface area contributed by atoms with Crippen molar-refractivity contribution in [1.29, 1.82) is 0 Å². The zero-order chi connectivity index (χ0) is 21.9. The first-order valence-corrected chi connectivity index (χ1v) is 11.4. The van der Waals surface area contributed by atoms with Gasteiger partial charge < -0.3 is 15.6 Å². The van der Waals surface area contributed by atoms with Crippen molar-refractivity contribution in [2.45, 2.75) is 32.6 Å². The van der Waals surface area contributed by atoms with Crippen LogP contribution < -0.4 is 16.1 Å². The Morgan fingerprint density at radius 2 is 1.97 bits per heavy atom. The number of aromatic nitrogens is 4. The van der Waals surface area contributed by atoms with Gasteiger partial charge in [0.25, 0.3) is 0 Å². The summed E-state index contributed by atoms with van der Waals surface area (Å²) in [4.78, 5) is 9.42. The van der Waals surface area contributed by atoms with Gasteiger partial charge in [0.15, 0.2) is 5.82 Å². The SMILES string of the molecule is CC(C)c1cnnc(Nc2ccc3ncc(C4=CN(CC5CCNCC5)NC4)cc3n2)c1. The van der Waals surface area contributed by atoms with Gasteiger partial charge in [-0.1, -0.05) is 13.8 Å². The molecule has 8 heteroatoms. The van der Waals surface area contributed by atoms with Crippen LogP contribution in [-0.4, -0.2) is 51.4 Å². The fourth-order valence-corrected chi connectivity index (χ4v) is 4.24. The van der Waals surface area contributed by atoms with E-state index in [9.17, 15) is 0 Å². The summed E-state index contributed by atoms with van der Waals surface area (Å²) in [5, 5.41) is 17.2. The van der Waals surface area contributed by atoms with Crippen LogP contribution in [0.4, 0.5) is 11.6 Å². The van der Waals surface area contributed by atoms with Gasteiger partial charge in [-0.25, -0.2) is 10.4 Å². The molecule has 166 valence electrons. The Hall–Kier alpha value is -3.10. The molecule has 0 saturated carbocycles. The molecule has 8 nitrogen and oxygen atoms in total. The second kappa shape index (κ2) is 9.18. The average Bonchev–Trinajstić information content (AvgIpc) is 3.28. The lowest BCUT2D eigenvalue weighted by Gasteiger charge is -2.27. The molecule has 2 aliphatic rings. The molecule has 0 bridgehead atoms. The van der Waals surface area contributed by atoms with Crippen molar-refractivity contribution in [2.24, 2.45) is 5.92 Å². The van der Waals surface area contributed by atoms with Crippen LogP contribution in [0.3, 0.4) is 0 Å². The van der Waals surface area contributed by atoms with E-state index in [0.29, 0.717) is 11.7 Å². The van der Waals surface area contributed by atoms with Crippen LogP contribution in [-0.2, 0) is 0 Å². The van der Waals surface area contributed by atoms with Crippen LogP contribution in [0.25, 0.3) is 16.6 Å². The Balaban J connectivity index is 1.33. The number of anilines is 2. The smallest absolute Gasteiger partial charge is 0.154 e. The first-order valence-electron chi connectivity index (χ1n) is 11.4. The molecule has 2 aliphatic heterocycles. The highest BCUT2D eigenvalue weighted by atomic mass is 15.5. The molecule has 3 aromatic heterocycles. The van der Waals surface area contributed by atoms with Crippen molar-refractivity contribution in [3.05, 3.63) is 54.0 Å². The van der Waals surface area contributed by atoms with E-state index in [2.05, 4.69) is 62.4 Å². The van der Waals surface area contributed by atoms with E-state index in [1.165, 1.54) is 18.4 Å². The molecule has 0 radical (unpaired) electrons. The summed E-state index contributed by atoms with van der Waals surface area (Å²) in [5.74, 6) is 2.56. The highest BCUT2D eigenvalue weighted by molar-refractivity contribution is 5.81. The molecule has 1 saturated heterocycles. The zero-order valence-corrected chi connectivity index (χ0v) is 18.7. The van der Waals surface area contributed by atoms with E-state index in [0.717, 1.165) is 60.1 Å². The molecule has 0 unspecified atom stereocenters. The minimum atomic E-state index is 0.394. The minimum absolute atomic E-state index is 0.394. The predicted octanol–water partition coefficient (Wildman–Crippen LogP) is 3.45. The normalized spacial score (nSPS) is 17.2. The van der Waals surface area contributed by atoms with Crippen molar-refractivity contribution in [3.8, 4) is 0 Å². The summed E-state index contributed by atoms with van der Waals surface area (Å²) in [6.07, 6.45) is 8.44. The van der Waals surface area contributed by atoms with E-state index in [1.807, 2.05) is 24.4 Å². The first-order chi connectivity index (χ1) is 15.6. The fraction of sp³-hybridized carbons (Fsp3) is 0.417. The standard InChI is InChI=1S/C24H30N8/c1-16(2)18-10-24(31-27-12-18)30-23-4-3-21-22(29-23)9-19(11-26-21)20-13-28-32(15-20)14-17-5-7-25-8-6-17/h3-4,9-12,15-17,25,28H,5-8,13-14H2,1-2H3,(H,29,30,31). The van der Waals surface area contributed by atoms with Crippen molar-refractivity contribution in [2.75, 3.05) is 31.5 Å². The summed E-state index contributed by atoms with van der Waals surface area (Å²) in [6, 6.07) is 8.05. The van der Waals surface area contributed by atoms with Gasteiger partial charge >= 0.3 is 0 Å². The van der Waals surface area contributed by atoms with Crippen LogP contribution in [0.15, 0.2) is 42.9 Å². The van der Waals surface area contributed by atoms with Crippen molar-refractivity contribution >= 4 is 28.2 Å². The molecule has 0 aromatic carbocycles. The third kappa shape index (κ3) is 4.71. The number of pyridine rings is 2. The van der Waals surface area contributed by atoms with Gasteiger partial charge in [0, 0.05) is 31.0 Å². The topological polar surface area (TPSA) is 90.9 Å². The molecule has 5 heterocycles. The van der Waals surface area contributed by atoms with E-state index >= 15 is 0 Å². The fourth-order valence-electron chi connectivity index (χ4n) is 4.24. The number of nitrogens with one attached hydrogen (secondary N) is 3. The Morgan fingerprint density at radius 1 is 1.09 bits per heavy atom. The maximum absolute atomic E-state index is 4.78. The summed E-state index contributed by atoms with van der Waals surface area (Å²) < 4.78 is 0. The predicted molar refractivity (Wildman–Crippen MR) is 127 cm³/mol. The van der Waals surface area contributed by atoms with Gasteiger partial charge in [0.05, 0.1) is 17.2 Å². The Labute approximate surface area is 188 Å². The lowest BCUT2D eigenvalue weighted by molar-refractivity contribution is 0.225. The van der Waals surface area contributed by atoms with Crippen molar-refractivity contribution in [3.63, 3.8) is 0 Å². The summed E-state index contributed by atoms with van der Waals surface area (Å²) in [6.45, 7) is 8.39. The molecular weight excluding hydrogens is 400 g/mol. The van der Waals surface area contributed by atoms with E-state index in [-0.39, 0.29) is 0 Å². The monoisotopic (exact) mass is 430 g/mol. The van der Waals surface area contributed by atoms with E-state index < -0.39 is 0 Å². The Kier molecular flexibility index (Phi) is 5.96. The van der Waals surface area contributed by atoms with E-state index in [1.54, 1.807) is 6.20 Å². The van der Waals surface area contributed by atoms with Gasteiger partial charge in [0.2, 0.25) is 0 Å². The van der Waals surface area contributed by atoms with Crippen LogP contribution in [0.5, 0.6) is 0 Å². The summed E-state index contributed by atoms with van der Waals surface area (Å²) >= 11 is 0. The average molecular weight is 431 g/mol. The number of fused-ring (bicyclic) bond motifs is 1. The second-order valence-electron chi connectivity index (χ2n) is 8.95. The van der Waals surface area contributed by atoms with Gasteiger partial charge in [-0.05, 0) is 73.2 Å². The maximum Gasteiger partial charge on any atom is 0.154 e. The van der Waals surface area contributed by atoms with Gasteiger partial charge in [-0.15, -0.1) is 5.10 Å². The zero-order valence-electron chi connectivity index (χ0n) is 18.7. The molecule has 5 rings (SSSR count). The number of rotatable bonds is 6. The number of hydrogen-bond donors (Lipinski definition) is 3. The molecule has 1 fully saturated rings. The largest absolute Gasteiger partial charge is 0.323 e. The minimum Gasteiger partial charge on any atom is -0.323 e. The lowest BCUT2D eigenvalue weighted by Crippen LogP contribution is -2.38. The first kappa shape index (κ1) is 20.8. The molecule has 3 N–H and O–H groups in total. The molecule has 0 atom stereocenters. The number of piperidine rings is 1. The highest BCUT2D eigenvalue weighted by Gasteiger charge is 2.20. The molecule has 0 aliphatic carbocycles. The van der Waals surface area contributed by atoms with Gasteiger partial charge in [-0.3, -0.25) is 4.98 Å². The molecule has 0 amide bonds. The van der Waals surface area contributed by atoms with Crippen molar-refractivity contribution in [1.82, 2.24) is 35.9 Å². The Morgan fingerprint density at radius 3 is 2.81 bits per heavy atom. The number of hydrazine groups is 1. The highest BCUT2D eigenvalue weighted by Crippen LogP contribution is 2.24. The van der Waals surface area contributed by atoms with Gasteiger partial charge in [0.1, 0.15) is 5.82 Å². The summed E-state index contributed by atoms with van der Waals surface area (Å²) in [5.41, 5.74) is 8.72. The van der Waals surface area contributed by atoms with Crippen LogP contribution in [0, 0.1) is 5.92 Å². The van der Waals surface area contributed by atoms with Crippen molar-refractivity contribution < 1.29 is 0 Å². The number of nitrogens with zero attached hydrogens (tertiary/aromatic N) is 5.